The van der Waals surface area contributed by atoms with Gasteiger partial charge < -0.3 is 36.2 Å². The van der Waals surface area contributed by atoms with Crippen molar-refractivity contribution in [2.45, 2.75) is 76.9 Å². The number of benzene rings is 1. The summed E-state index contributed by atoms with van der Waals surface area (Å²) in [6, 6.07) is 6.86. The van der Waals surface area contributed by atoms with Crippen LogP contribution in [0.3, 0.4) is 0 Å². The molecule has 1 heterocycles. The van der Waals surface area contributed by atoms with Crippen LogP contribution in [0.25, 0.3) is 0 Å². The van der Waals surface area contributed by atoms with Gasteiger partial charge in [-0.2, -0.15) is 13.2 Å². The number of nitrogens with one attached hydrogen (secondary N) is 2. The lowest BCUT2D eigenvalue weighted by Crippen LogP contribution is -2.56. The summed E-state index contributed by atoms with van der Waals surface area (Å²) in [5.74, 6) is -4.85. The molecule has 230 valence electrons. The van der Waals surface area contributed by atoms with Crippen LogP contribution in [-0.4, -0.2) is 82.4 Å². The molecule has 0 aliphatic carbocycles. The molecule has 1 aromatic rings. The molecule has 6 N–H and O–H groups in total. The summed E-state index contributed by atoms with van der Waals surface area (Å²) in [4.78, 5) is 58.9. The molecule has 1 aliphatic heterocycles. The van der Waals surface area contributed by atoms with E-state index < -0.39 is 54.1 Å². The maximum atomic E-state index is 12.9. The lowest BCUT2D eigenvalue weighted by atomic mass is 10.0. The van der Waals surface area contributed by atoms with Crippen molar-refractivity contribution in [2.24, 2.45) is 11.7 Å². The molecule has 41 heavy (non-hydrogen) atoms. The number of carboxylic acid groups (broad SMARTS) is 2. The van der Waals surface area contributed by atoms with Gasteiger partial charge >= 0.3 is 24.2 Å². The average molecular weight is 591 g/mol. The molecule has 3 atom stereocenters. The van der Waals surface area contributed by atoms with Crippen molar-refractivity contribution < 1.29 is 52.1 Å². The summed E-state index contributed by atoms with van der Waals surface area (Å²) in [5, 5.41) is 21.8. The Bertz CT molecular complexity index is 1020. The van der Waals surface area contributed by atoms with Crippen LogP contribution < -0.4 is 16.4 Å². The highest BCUT2D eigenvalue weighted by atomic mass is 19.4. The molecule has 0 saturated carbocycles. The molecular weight excluding hydrogens is 553 g/mol. The van der Waals surface area contributed by atoms with Gasteiger partial charge in [0.15, 0.2) is 0 Å². The third-order valence-corrected chi connectivity index (χ3v) is 6.05. The zero-order valence-corrected chi connectivity index (χ0v) is 22.9. The van der Waals surface area contributed by atoms with E-state index in [0.717, 1.165) is 5.56 Å². The fraction of sp³-hybridized carbons (Fsp3) is 0.577. The van der Waals surface area contributed by atoms with Crippen molar-refractivity contribution in [1.82, 2.24) is 15.5 Å². The fourth-order valence-corrected chi connectivity index (χ4v) is 3.82. The summed E-state index contributed by atoms with van der Waals surface area (Å²) in [7, 11) is 0. The van der Waals surface area contributed by atoms with E-state index in [4.69, 9.17) is 20.4 Å². The number of nitrogens with zero attached hydrogens (tertiary/aromatic N) is 1. The van der Waals surface area contributed by atoms with E-state index in [-0.39, 0.29) is 12.5 Å². The van der Waals surface area contributed by atoms with Gasteiger partial charge in [-0.1, -0.05) is 44.2 Å². The van der Waals surface area contributed by atoms with Crippen LogP contribution in [0.5, 0.6) is 0 Å². The molecule has 1 fully saturated rings. The van der Waals surface area contributed by atoms with Crippen molar-refractivity contribution in [3.8, 4) is 0 Å². The number of unbranched alkanes of at least 4 members (excludes halogenated alkanes) is 1. The Kier molecular flexibility index (Phi) is 14.6. The zero-order chi connectivity index (χ0) is 31.2. The van der Waals surface area contributed by atoms with Gasteiger partial charge in [0.25, 0.3) is 0 Å². The number of halogens is 3. The molecule has 1 saturated heterocycles. The van der Waals surface area contributed by atoms with Crippen LogP contribution in [0, 0.1) is 5.92 Å². The Balaban J connectivity index is 0.00000106. The number of hydrogen-bond donors (Lipinski definition) is 5. The molecule has 1 aromatic carbocycles. The molecule has 0 spiro atoms. The lowest BCUT2D eigenvalue weighted by Gasteiger charge is -2.30. The monoisotopic (exact) mass is 590 g/mol. The average Bonchev–Trinajstić information content (AvgIpc) is 3.40. The molecule has 15 heteroatoms. The van der Waals surface area contributed by atoms with Crippen molar-refractivity contribution >= 4 is 29.8 Å². The van der Waals surface area contributed by atoms with Crippen LogP contribution in [0.1, 0.15) is 51.5 Å². The molecule has 0 unspecified atom stereocenters. The molecule has 0 radical (unpaired) electrons. The summed E-state index contributed by atoms with van der Waals surface area (Å²) in [6.45, 7) is 4.53. The number of carbonyl (C=O) groups is 5. The first-order valence-corrected chi connectivity index (χ1v) is 13.0. The summed E-state index contributed by atoms with van der Waals surface area (Å²) < 4.78 is 36.9. The number of rotatable bonds is 12. The molecular formula is C26H37F3N4O8. The van der Waals surface area contributed by atoms with Gasteiger partial charge in [-0.05, 0) is 43.6 Å². The third kappa shape index (κ3) is 12.9. The molecule has 0 aromatic heterocycles. The second-order valence-electron chi connectivity index (χ2n) is 9.65. The van der Waals surface area contributed by atoms with E-state index in [9.17, 15) is 37.5 Å². The first kappa shape index (κ1) is 35.1. The van der Waals surface area contributed by atoms with Gasteiger partial charge in [-0.15, -0.1) is 0 Å². The van der Waals surface area contributed by atoms with Crippen molar-refractivity contribution in [3.63, 3.8) is 0 Å². The Morgan fingerprint density at radius 2 is 1.71 bits per heavy atom. The largest absolute Gasteiger partial charge is 0.490 e. The third-order valence-electron chi connectivity index (χ3n) is 6.05. The number of amides is 3. The van der Waals surface area contributed by atoms with Gasteiger partial charge in [-0.25, -0.2) is 14.4 Å². The van der Waals surface area contributed by atoms with Gasteiger partial charge in [0.05, 0.1) is 6.04 Å². The normalized spacial score (nSPS) is 16.2. The SMILES string of the molecule is CC(C)[C@H](NC(=O)[C@@H](N)CCCCNC(=O)OCc1ccccc1)C(=O)N1CCC[C@H]1C(=O)O.O=C(O)C(F)(F)F. The Morgan fingerprint density at radius 3 is 2.24 bits per heavy atom. The first-order chi connectivity index (χ1) is 19.1. The standard InChI is InChI=1S/C24H36N4O6.C2HF3O2/c1-16(2)20(22(30)28-14-8-12-19(28)23(31)32)27-21(29)18(25)11-6-7-13-26-24(33)34-15-17-9-4-3-5-10-17;3-2(4,5)1(6)7/h3-5,9-10,16,18-20H,6-8,11-15,25H2,1-2H3,(H,26,33)(H,27,29)(H,31,32);(H,6,7)/t18-,19-,20-;/m0./s1. The van der Waals surface area contributed by atoms with Crippen LogP contribution >= 0.6 is 0 Å². The summed E-state index contributed by atoms with van der Waals surface area (Å²) in [6.07, 6.45) is -2.97. The van der Waals surface area contributed by atoms with E-state index in [1.165, 1.54) is 4.90 Å². The van der Waals surface area contributed by atoms with E-state index in [2.05, 4.69) is 10.6 Å². The fourth-order valence-electron chi connectivity index (χ4n) is 3.82. The van der Waals surface area contributed by atoms with Gasteiger partial charge in [0.2, 0.25) is 11.8 Å². The number of hydrogen-bond acceptors (Lipinski definition) is 7. The Hall–Kier alpha value is -3.88. The minimum absolute atomic E-state index is 0.193. The van der Waals surface area contributed by atoms with Crippen LogP contribution in [0.15, 0.2) is 30.3 Å². The van der Waals surface area contributed by atoms with E-state index in [1.807, 2.05) is 30.3 Å². The van der Waals surface area contributed by atoms with Crippen LogP contribution in [0.2, 0.25) is 0 Å². The van der Waals surface area contributed by atoms with Crippen molar-refractivity contribution in [1.29, 1.82) is 0 Å². The number of carboxylic acids is 2. The van der Waals surface area contributed by atoms with Crippen LogP contribution in [-0.2, 0) is 30.5 Å². The van der Waals surface area contributed by atoms with E-state index in [0.29, 0.717) is 45.2 Å². The maximum absolute atomic E-state index is 12.9. The Morgan fingerprint density at radius 1 is 1.10 bits per heavy atom. The number of carbonyl (C=O) groups excluding carboxylic acids is 3. The number of alkyl halides is 3. The Labute approximate surface area is 235 Å². The molecule has 3 amide bonds. The predicted molar refractivity (Wildman–Crippen MR) is 139 cm³/mol. The summed E-state index contributed by atoms with van der Waals surface area (Å²) >= 11 is 0. The number of alkyl carbamates (subject to hydrolysis) is 1. The first-order valence-electron chi connectivity index (χ1n) is 13.0. The predicted octanol–water partition coefficient (Wildman–Crippen LogP) is 2.26. The van der Waals surface area contributed by atoms with E-state index >= 15 is 0 Å². The van der Waals surface area contributed by atoms with Crippen molar-refractivity contribution in [2.75, 3.05) is 13.1 Å². The van der Waals surface area contributed by atoms with E-state index in [1.54, 1.807) is 13.8 Å². The number of nitrogens with two attached hydrogens (primary N) is 1. The van der Waals surface area contributed by atoms with Crippen LogP contribution in [0.4, 0.5) is 18.0 Å². The van der Waals surface area contributed by atoms with Gasteiger partial charge in [-0.3, -0.25) is 9.59 Å². The van der Waals surface area contributed by atoms with Crippen molar-refractivity contribution in [3.05, 3.63) is 35.9 Å². The van der Waals surface area contributed by atoms with Gasteiger partial charge in [0.1, 0.15) is 18.7 Å². The molecule has 12 nitrogen and oxygen atoms in total. The summed E-state index contributed by atoms with van der Waals surface area (Å²) in [5.41, 5.74) is 6.90. The highest BCUT2D eigenvalue weighted by Crippen LogP contribution is 2.20. The second-order valence-corrected chi connectivity index (χ2v) is 9.65. The quantitative estimate of drug-likeness (QED) is 0.228. The smallest absolute Gasteiger partial charge is 0.480 e. The molecule has 1 aliphatic rings. The highest BCUT2D eigenvalue weighted by Gasteiger charge is 2.39. The minimum atomic E-state index is -5.08. The second kappa shape index (κ2) is 17.0. The molecule has 2 rings (SSSR count). The maximum Gasteiger partial charge on any atom is 0.490 e. The number of likely N-dealkylation sites (tertiary alicyclic amines) is 1. The minimum Gasteiger partial charge on any atom is -0.480 e. The zero-order valence-electron chi connectivity index (χ0n) is 22.9. The number of ether oxygens (including phenoxy) is 1. The lowest BCUT2D eigenvalue weighted by molar-refractivity contribution is -0.192. The highest BCUT2D eigenvalue weighted by molar-refractivity contribution is 5.92. The molecule has 0 bridgehead atoms. The van der Waals surface area contributed by atoms with Gasteiger partial charge in [0, 0.05) is 13.1 Å². The number of aliphatic carboxylic acids is 2. The topological polar surface area (TPSA) is 188 Å².